The van der Waals surface area contributed by atoms with E-state index in [0.29, 0.717) is 5.92 Å². The van der Waals surface area contributed by atoms with Crippen molar-refractivity contribution >= 4 is 11.9 Å². The summed E-state index contributed by atoms with van der Waals surface area (Å²) in [5.74, 6) is -0.908. The van der Waals surface area contributed by atoms with Gasteiger partial charge in [-0.05, 0) is 26.7 Å². The second-order valence-electron chi connectivity index (χ2n) is 4.39. The number of nitrogens with one attached hydrogen (secondary N) is 1. The Morgan fingerprint density at radius 2 is 1.59 bits per heavy atom. The lowest BCUT2D eigenvalue weighted by molar-refractivity contribution is -0.133. The molecule has 1 unspecified atom stereocenters. The number of carboxylic acids is 1. The van der Waals surface area contributed by atoms with E-state index in [1.807, 2.05) is 6.92 Å². The Bertz CT molecular complexity index is 317. The highest BCUT2D eigenvalue weighted by Gasteiger charge is 2.18. The molecule has 4 heteroatoms. The van der Waals surface area contributed by atoms with Crippen molar-refractivity contribution in [2.24, 2.45) is 5.92 Å². The molecule has 0 spiro atoms. The van der Waals surface area contributed by atoms with E-state index in [0.717, 1.165) is 12.8 Å². The van der Waals surface area contributed by atoms with Crippen molar-refractivity contribution in [1.29, 1.82) is 0 Å². The summed E-state index contributed by atoms with van der Waals surface area (Å²) in [6.07, 6.45) is 2.00. The highest BCUT2D eigenvalue weighted by atomic mass is 16.4. The van der Waals surface area contributed by atoms with Crippen molar-refractivity contribution in [3.8, 4) is 0 Å². The standard InChI is InChI=1S/C13H23NO3/c1-6-11(7-2)10(5)14-12(15)8(3)9(4)13(16)17/h10-11H,6-7H2,1-5H3,(H,14,15)(H,16,17)/b9-8-. The topological polar surface area (TPSA) is 66.4 Å². The number of hydrogen-bond acceptors (Lipinski definition) is 2. The maximum atomic E-state index is 11.8. The van der Waals surface area contributed by atoms with Crippen molar-refractivity contribution in [3.05, 3.63) is 11.1 Å². The number of amides is 1. The minimum atomic E-state index is -1.05. The minimum Gasteiger partial charge on any atom is -0.478 e. The zero-order valence-corrected chi connectivity index (χ0v) is 11.3. The second-order valence-corrected chi connectivity index (χ2v) is 4.39. The Labute approximate surface area is 103 Å². The van der Waals surface area contributed by atoms with E-state index in [-0.39, 0.29) is 23.1 Å². The molecule has 0 aromatic rings. The van der Waals surface area contributed by atoms with Crippen LogP contribution >= 0.6 is 0 Å². The number of rotatable bonds is 6. The van der Waals surface area contributed by atoms with Crippen LogP contribution in [0.25, 0.3) is 0 Å². The maximum Gasteiger partial charge on any atom is 0.331 e. The van der Waals surface area contributed by atoms with Crippen LogP contribution in [-0.2, 0) is 9.59 Å². The average Bonchev–Trinajstić information content (AvgIpc) is 2.28. The van der Waals surface area contributed by atoms with E-state index in [1.165, 1.54) is 6.92 Å². The predicted molar refractivity (Wildman–Crippen MR) is 67.7 cm³/mol. The van der Waals surface area contributed by atoms with Gasteiger partial charge >= 0.3 is 5.97 Å². The van der Waals surface area contributed by atoms with Gasteiger partial charge in [0.25, 0.3) is 0 Å². The van der Waals surface area contributed by atoms with E-state index in [4.69, 9.17) is 5.11 Å². The molecule has 0 fully saturated rings. The third kappa shape index (κ3) is 4.59. The molecule has 0 aliphatic heterocycles. The van der Waals surface area contributed by atoms with Crippen molar-refractivity contribution in [3.63, 3.8) is 0 Å². The molecule has 1 amide bonds. The molecule has 0 bridgehead atoms. The zero-order chi connectivity index (χ0) is 13.6. The Kier molecular flexibility index (Phi) is 6.54. The van der Waals surface area contributed by atoms with Crippen LogP contribution in [0.2, 0.25) is 0 Å². The predicted octanol–water partition coefficient (Wildman–Crippen LogP) is 2.35. The van der Waals surface area contributed by atoms with Crippen LogP contribution in [0.15, 0.2) is 11.1 Å². The molecule has 0 aromatic heterocycles. The van der Waals surface area contributed by atoms with Crippen LogP contribution < -0.4 is 5.32 Å². The molecule has 0 heterocycles. The minimum absolute atomic E-state index is 0.0639. The van der Waals surface area contributed by atoms with Crippen LogP contribution in [0.5, 0.6) is 0 Å². The fraction of sp³-hybridized carbons (Fsp3) is 0.692. The Morgan fingerprint density at radius 1 is 1.12 bits per heavy atom. The van der Waals surface area contributed by atoms with E-state index < -0.39 is 5.97 Å². The van der Waals surface area contributed by atoms with E-state index in [9.17, 15) is 9.59 Å². The largest absolute Gasteiger partial charge is 0.478 e. The van der Waals surface area contributed by atoms with E-state index in [1.54, 1.807) is 6.92 Å². The van der Waals surface area contributed by atoms with Crippen LogP contribution in [0.3, 0.4) is 0 Å². The van der Waals surface area contributed by atoms with Gasteiger partial charge in [0, 0.05) is 17.2 Å². The molecular formula is C13H23NO3. The molecule has 0 rings (SSSR count). The molecule has 0 aliphatic carbocycles. The van der Waals surface area contributed by atoms with Crippen LogP contribution in [0.4, 0.5) is 0 Å². The Hall–Kier alpha value is -1.32. The molecule has 0 saturated heterocycles. The van der Waals surface area contributed by atoms with E-state index >= 15 is 0 Å². The summed E-state index contributed by atoms with van der Waals surface area (Å²) in [7, 11) is 0. The highest BCUT2D eigenvalue weighted by molar-refractivity contribution is 6.01. The smallest absolute Gasteiger partial charge is 0.331 e. The normalized spacial score (nSPS) is 14.2. The zero-order valence-electron chi connectivity index (χ0n) is 11.3. The van der Waals surface area contributed by atoms with Crippen LogP contribution in [0, 0.1) is 5.92 Å². The molecule has 0 saturated carbocycles. The fourth-order valence-electron chi connectivity index (χ4n) is 1.76. The third-order valence-corrected chi connectivity index (χ3v) is 3.34. The first-order valence-corrected chi connectivity index (χ1v) is 6.06. The van der Waals surface area contributed by atoms with Gasteiger partial charge in [-0.3, -0.25) is 4.79 Å². The average molecular weight is 241 g/mol. The van der Waals surface area contributed by atoms with Gasteiger partial charge in [-0.15, -0.1) is 0 Å². The molecule has 0 aliphatic rings. The van der Waals surface area contributed by atoms with Gasteiger partial charge in [-0.2, -0.15) is 0 Å². The van der Waals surface area contributed by atoms with Gasteiger partial charge in [-0.25, -0.2) is 4.79 Å². The summed E-state index contributed by atoms with van der Waals surface area (Å²) in [5.41, 5.74) is 0.370. The molecule has 0 aromatic carbocycles. The summed E-state index contributed by atoms with van der Waals surface area (Å²) >= 11 is 0. The summed E-state index contributed by atoms with van der Waals surface area (Å²) in [5, 5.41) is 11.7. The van der Waals surface area contributed by atoms with Crippen LogP contribution in [0.1, 0.15) is 47.5 Å². The first kappa shape index (κ1) is 15.7. The van der Waals surface area contributed by atoms with Gasteiger partial charge < -0.3 is 10.4 Å². The molecular weight excluding hydrogens is 218 g/mol. The lowest BCUT2D eigenvalue weighted by Gasteiger charge is -2.22. The first-order valence-electron chi connectivity index (χ1n) is 6.06. The maximum absolute atomic E-state index is 11.8. The molecule has 17 heavy (non-hydrogen) atoms. The van der Waals surface area contributed by atoms with Crippen molar-refractivity contribution in [1.82, 2.24) is 5.32 Å². The molecule has 2 N–H and O–H groups in total. The second kappa shape index (κ2) is 7.09. The van der Waals surface area contributed by atoms with Gasteiger partial charge in [-0.1, -0.05) is 26.7 Å². The first-order chi connectivity index (χ1) is 7.84. The van der Waals surface area contributed by atoms with E-state index in [2.05, 4.69) is 19.2 Å². The summed E-state index contributed by atoms with van der Waals surface area (Å²) in [6.45, 7) is 9.11. The Morgan fingerprint density at radius 3 is 1.94 bits per heavy atom. The number of hydrogen-bond donors (Lipinski definition) is 2. The van der Waals surface area contributed by atoms with Gasteiger partial charge in [0.2, 0.25) is 5.91 Å². The molecule has 0 radical (unpaired) electrons. The lowest BCUT2D eigenvalue weighted by atomic mass is 9.95. The number of aliphatic carboxylic acids is 1. The lowest BCUT2D eigenvalue weighted by Crippen LogP contribution is -2.38. The highest BCUT2D eigenvalue weighted by Crippen LogP contribution is 2.13. The number of carboxylic acid groups (broad SMARTS) is 1. The van der Waals surface area contributed by atoms with Gasteiger partial charge in [0.15, 0.2) is 0 Å². The van der Waals surface area contributed by atoms with Gasteiger partial charge in [0.1, 0.15) is 0 Å². The van der Waals surface area contributed by atoms with Crippen molar-refractivity contribution in [2.45, 2.75) is 53.5 Å². The fourth-order valence-corrected chi connectivity index (χ4v) is 1.76. The Balaban J connectivity index is 4.66. The molecule has 1 atom stereocenters. The molecule has 4 nitrogen and oxygen atoms in total. The quantitative estimate of drug-likeness (QED) is 0.701. The monoisotopic (exact) mass is 241 g/mol. The summed E-state index contributed by atoms with van der Waals surface area (Å²) in [6, 6.07) is 0.0639. The SMILES string of the molecule is CCC(CC)C(C)NC(=O)/C(C)=C(/C)C(=O)O. The van der Waals surface area contributed by atoms with Gasteiger partial charge in [0.05, 0.1) is 0 Å². The van der Waals surface area contributed by atoms with Crippen molar-refractivity contribution in [2.75, 3.05) is 0 Å². The van der Waals surface area contributed by atoms with Crippen molar-refractivity contribution < 1.29 is 14.7 Å². The summed E-state index contributed by atoms with van der Waals surface area (Å²) in [4.78, 5) is 22.5. The number of carbonyl (C=O) groups excluding carboxylic acids is 1. The summed E-state index contributed by atoms with van der Waals surface area (Å²) < 4.78 is 0. The van der Waals surface area contributed by atoms with Crippen LogP contribution in [-0.4, -0.2) is 23.0 Å². The molecule has 98 valence electrons. The number of carbonyl (C=O) groups is 2. The third-order valence-electron chi connectivity index (χ3n) is 3.34.